The molecule has 1 saturated heterocycles. The van der Waals surface area contributed by atoms with Crippen LogP contribution in [-0.4, -0.2) is 25.7 Å². The molecule has 1 aliphatic rings. The second kappa shape index (κ2) is 5.99. The fraction of sp³-hybridized carbons (Fsp3) is 0.571. The van der Waals surface area contributed by atoms with Crippen LogP contribution < -0.4 is 10.2 Å². The minimum Gasteiger partial charge on any atom is -0.365 e. The summed E-state index contributed by atoms with van der Waals surface area (Å²) in [7, 11) is 0. The van der Waals surface area contributed by atoms with Crippen LogP contribution >= 0.6 is 0 Å². The van der Waals surface area contributed by atoms with Gasteiger partial charge < -0.3 is 10.2 Å². The number of likely N-dealkylation sites (N-methyl/N-ethyl adjacent to an activating group) is 1. The first kappa shape index (κ1) is 15.1. The third kappa shape index (κ3) is 3.23. The van der Waals surface area contributed by atoms with Crippen molar-refractivity contribution in [3.63, 3.8) is 0 Å². The molecule has 1 atom stereocenters. The van der Waals surface area contributed by atoms with Crippen molar-refractivity contribution < 1.29 is 17.6 Å². The van der Waals surface area contributed by atoms with Crippen LogP contribution in [0, 0.1) is 5.82 Å². The van der Waals surface area contributed by atoms with Crippen molar-refractivity contribution in [2.45, 2.75) is 32.0 Å². The molecule has 1 aliphatic heterocycles. The Balaban J connectivity index is 2.26. The minimum atomic E-state index is -4.51. The van der Waals surface area contributed by atoms with Crippen molar-refractivity contribution in [2.75, 3.05) is 24.5 Å². The lowest BCUT2D eigenvalue weighted by Gasteiger charge is -2.36. The molecule has 1 unspecified atom stereocenters. The molecule has 6 heteroatoms. The second-order valence-corrected chi connectivity index (χ2v) is 4.95. The van der Waals surface area contributed by atoms with E-state index in [1.807, 2.05) is 11.8 Å². The monoisotopic (exact) mass is 290 g/mol. The van der Waals surface area contributed by atoms with Crippen LogP contribution in [0.4, 0.5) is 23.2 Å². The molecule has 0 bridgehead atoms. The summed E-state index contributed by atoms with van der Waals surface area (Å²) in [6.45, 7) is 4.11. The van der Waals surface area contributed by atoms with E-state index >= 15 is 0 Å². The molecule has 1 N–H and O–H groups in total. The summed E-state index contributed by atoms with van der Waals surface area (Å²) in [4.78, 5) is 1.83. The van der Waals surface area contributed by atoms with Crippen LogP contribution in [0.2, 0.25) is 0 Å². The number of alkyl halides is 3. The van der Waals surface area contributed by atoms with Gasteiger partial charge in [-0.1, -0.05) is 0 Å². The van der Waals surface area contributed by atoms with Crippen molar-refractivity contribution in [3.8, 4) is 0 Å². The molecule has 0 radical (unpaired) electrons. The fourth-order valence-corrected chi connectivity index (χ4v) is 2.64. The molecule has 2 rings (SSSR count). The smallest absolute Gasteiger partial charge is 0.365 e. The van der Waals surface area contributed by atoms with Crippen LogP contribution in [0.15, 0.2) is 18.2 Å². The van der Waals surface area contributed by atoms with Crippen LogP contribution in [0.1, 0.15) is 25.3 Å². The van der Waals surface area contributed by atoms with Gasteiger partial charge in [0.2, 0.25) is 0 Å². The van der Waals surface area contributed by atoms with Crippen LogP contribution in [0.25, 0.3) is 0 Å². The predicted molar refractivity (Wildman–Crippen MR) is 70.3 cm³/mol. The molecule has 0 amide bonds. The van der Waals surface area contributed by atoms with Gasteiger partial charge in [-0.3, -0.25) is 0 Å². The number of hydrogen-bond acceptors (Lipinski definition) is 2. The van der Waals surface area contributed by atoms with Crippen molar-refractivity contribution in [1.29, 1.82) is 0 Å². The molecular formula is C14H18F4N2. The lowest BCUT2D eigenvalue weighted by Crippen LogP contribution is -2.46. The standard InChI is InChI=1S/C14H18F4N2/c1-2-20(11-4-3-7-19-9-11)13-6-5-10(8-12(13)15)14(16,17)18/h5-6,8,11,19H,2-4,7,9H2,1H3. The Morgan fingerprint density at radius 1 is 1.35 bits per heavy atom. The minimum absolute atomic E-state index is 0.125. The normalized spacial score (nSPS) is 19.9. The van der Waals surface area contributed by atoms with E-state index in [2.05, 4.69) is 5.32 Å². The van der Waals surface area contributed by atoms with Gasteiger partial charge >= 0.3 is 6.18 Å². The van der Waals surface area contributed by atoms with Crippen molar-refractivity contribution in [2.24, 2.45) is 0 Å². The molecule has 1 fully saturated rings. The van der Waals surface area contributed by atoms with Gasteiger partial charge in [-0.25, -0.2) is 4.39 Å². The highest BCUT2D eigenvalue weighted by molar-refractivity contribution is 5.50. The van der Waals surface area contributed by atoms with Gasteiger partial charge in [0.05, 0.1) is 11.3 Å². The number of anilines is 1. The first-order valence-electron chi connectivity index (χ1n) is 6.77. The van der Waals surface area contributed by atoms with E-state index in [0.717, 1.165) is 32.0 Å². The Bertz CT molecular complexity index is 453. The summed E-state index contributed by atoms with van der Waals surface area (Å²) in [5.41, 5.74) is -0.703. The predicted octanol–water partition coefficient (Wildman–Crippen LogP) is 3.42. The first-order valence-corrected chi connectivity index (χ1v) is 6.77. The zero-order valence-corrected chi connectivity index (χ0v) is 11.3. The Kier molecular flexibility index (Phi) is 4.52. The number of nitrogens with one attached hydrogen (secondary N) is 1. The van der Waals surface area contributed by atoms with Gasteiger partial charge in [0.25, 0.3) is 0 Å². The van der Waals surface area contributed by atoms with Gasteiger partial charge in [0.1, 0.15) is 5.82 Å². The summed E-state index contributed by atoms with van der Waals surface area (Å²) in [5, 5.41) is 3.23. The lowest BCUT2D eigenvalue weighted by atomic mass is 10.0. The Morgan fingerprint density at radius 2 is 2.10 bits per heavy atom. The van der Waals surface area contributed by atoms with E-state index in [4.69, 9.17) is 0 Å². The molecule has 0 saturated carbocycles. The van der Waals surface area contributed by atoms with Crippen LogP contribution in [0.3, 0.4) is 0 Å². The third-order valence-corrected chi connectivity index (χ3v) is 3.64. The number of benzene rings is 1. The molecule has 0 spiro atoms. The quantitative estimate of drug-likeness (QED) is 0.858. The summed E-state index contributed by atoms with van der Waals surface area (Å²) in [6.07, 6.45) is -2.60. The van der Waals surface area contributed by atoms with Gasteiger partial charge in [-0.2, -0.15) is 13.2 Å². The number of nitrogens with zero attached hydrogens (tertiary/aromatic N) is 1. The van der Waals surface area contributed by atoms with Gasteiger partial charge in [0.15, 0.2) is 0 Å². The Hall–Kier alpha value is -1.30. The van der Waals surface area contributed by atoms with E-state index in [1.165, 1.54) is 6.07 Å². The number of halogens is 4. The van der Waals surface area contributed by atoms with Gasteiger partial charge in [-0.15, -0.1) is 0 Å². The maximum absolute atomic E-state index is 14.0. The molecule has 0 aromatic heterocycles. The zero-order chi connectivity index (χ0) is 14.8. The highest BCUT2D eigenvalue weighted by atomic mass is 19.4. The van der Waals surface area contributed by atoms with Gasteiger partial charge in [-0.05, 0) is 44.5 Å². The summed E-state index contributed by atoms with van der Waals surface area (Å²) in [5.74, 6) is -0.813. The molecule has 20 heavy (non-hydrogen) atoms. The lowest BCUT2D eigenvalue weighted by molar-refractivity contribution is -0.137. The highest BCUT2D eigenvalue weighted by Crippen LogP contribution is 2.33. The second-order valence-electron chi connectivity index (χ2n) is 4.95. The molecule has 1 aromatic carbocycles. The molecule has 2 nitrogen and oxygen atoms in total. The average molecular weight is 290 g/mol. The third-order valence-electron chi connectivity index (χ3n) is 3.64. The Labute approximate surface area is 115 Å². The molecule has 0 aliphatic carbocycles. The Morgan fingerprint density at radius 3 is 2.60 bits per heavy atom. The van der Waals surface area contributed by atoms with Crippen molar-refractivity contribution in [3.05, 3.63) is 29.6 Å². The molecule has 1 aromatic rings. The largest absolute Gasteiger partial charge is 0.416 e. The van der Waals surface area contributed by atoms with E-state index in [9.17, 15) is 17.6 Å². The summed E-state index contributed by atoms with van der Waals surface area (Å²) < 4.78 is 51.7. The van der Waals surface area contributed by atoms with Crippen LogP contribution in [-0.2, 0) is 6.18 Å². The fourth-order valence-electron chi connectivity index (χ4n) is 2.64. The summed E-state index contributed by atoms with van der Waals surface area (Å²) in [6, 6.07) is 2.88. The summed E-state index contributed by atoms with van der Waals surface area (Å²) >= 11 is 0. The van der Waals surface area contributed by atoms with Crippen molar-refractivity contribution in [1.82, 2.24) is 5.32 Å². The van der Waals surface area contributed by atoms with E-state index in [1.54, 1.807) is 0 Å². The molecule has 112 valence electrons. The van der Waals surface area contributed by atoms with Crippen LogP contribution in [0.5, 0.6) is 0 Å². The highest BCUT2D eigenvalue weighted by Gasteiger charge is 2.32. The number of hydrogen-bond donors (Lipinski definition) is 1. The number of rotatable bonds is 3. The number of piperidine rings is 1. The SMILES string of the molecule is CCN(c1ccc(C(F)(F)F)cc1F)C1CCCNC1. The molecular weight excluding hydrogens is 272 g/mol. The first-order chi connectivity index (χ1) is 9.43. The molecule has 1 heterocycles. The van der Waals surface area contributed by atoms with E-state index < -0.39 is 17.6 Å². The maximum atomic E-state index is 14.0. The topological polar surface area (TPSA) is 15.3 Å². The van der Waals surface area contributed by atoms with E-state index in [-0.39, 0.29) is 11.7 Å². The maximum Gasteiger partial charge on any atom is 0.416 e. The van der Waals surface area contributed by atoms with Crippen molar-refractivity contribution >= 4 is 5.69 Å². The zero-order valence-electron chi connectivity index (χ0n) is 11.3. The van der Waals surface area contributed by atoms with Gasteiger partial charge in [0, 0.05) is 19.1 Å². The van der Waals surface area contributed by atoms with E-state index in [0.29, 0.717) is 12.6 Å². The average Bonchev–Trinajstić information content (AvgIpc) is 2.41.